The molecule has 2 heterocycles. The summed E-state index contributed by atoms with van der Waals surface area (Å²) >= 11 is 0. The summed E-state index contributed by atoms with van der Waals surface area (Å²) in [7, 11) is 0. The third-order valence-electron chi connectivity index (χ3n) is 2.30. The summed E-state index contributed by atoms with van der Waals surface area (Å²) in [6.07, 6.45) is 2.09. The maximum absolute atomic E-state index is 9.32. The van der Waals surface area contributed by atoms with Crippen LogP contribution in [0.4, 0.5) is 0 Å². The zero-order valence-corrected chi connectivity index (χ0v) is 8.44. The number of fused-ring (bicyclic) bond motifs is 1. The second-order valence-corrected chi connectivity index (χ2v) is 3.66. The third kappa shape index (κ3) is 1.51. The first-order chi connectivity index (χ1) is 6.68. The monoisotopic (exact) mass is 190 g/mol. The molecule has 0 bridgehead atoms. The second kappa shape index (κ2) is 3.42. The van der Waals surface area contributed by atoms with Gasteiger partial charge in [0, 0.05) is 12.1 Å². The third-order valence-corrected chi connectivity index (χ3v) is 2.30. The molecule has 0 aliphatic rings. The molecule has 2 aromatic heterocycles. The predicted octanol–water partition coefficient (Wildman–Crippen LogP) is 1.57. The molecule has 2 aromatic rings. The van der Waals surface area contributed by atoms with Gasteiger partial charge in [0.15, 0.2) is 0 Å². The Morgan fingerprint density at radius 1 is 1.50 bits per heavy atom. The number of aliphatic hydroxyl groups excluding tert-OH is 1. The van der Waals surface area contributed by atoms with Crippen molar-refractivity contribution in [1.29, 1.82) is 0 Å². The second-order valence-electron chi connectivity index (χ2n) is 3.66. The van der Waals surface area contributed by atoms with Crippen molar-refractivity contribution >= 4 is 5.52 Å². The largest absolute Gasteiger partial charge is 0.393 e. The molecule has 0 saturated carbocycles. The van der Waals surface area contributed by atoms with Crippen LogP contribution >= 0.6 is 0 Å². The Hall–Kier alpha value is -1.35. The standard InChI is InChI=1S/C11H14N2O/c1-8-4-3-5-10-7-12-11(13(8)10)6-9(2)14/h3-5,7,9,14H,6H2,1-2H3. The fourth-order valence-corrected chi connectivity index (χ4v) is 1.70. The van der Waals surface area contributed by atoms with E-state index in [2.05, 4.69) is 9.38 Å². The van der Waals surface area contributed by atoms with Crippen LogP contribution in [0.3, 0.4) is 0 Å². The Balaban J connectivity index is 2.55. The molecule has 0 saturated heterocycles. The van der Waals surface area contributed by atoms with Crippen LogP contribution in [-0.4, -0.2) is 20.6 Å². The minimum atomic E-state index is -0.347. The van der Waals surface area contributed by atoms with Gasteiger partial charge in [-0.05, 0) is 26.0 Å². The van der Waals surface area contributed by atoms with Crippen LogP contribution in [0, 0.1) is 6.92 Å². The van der Waals surface area contributed by atoms with Crippen LogP contribution in [0.25, 0.3) is 5.52 Å². The molecular formula is C11H14N2O. The van der Waals surface area contributed by atoms with Crippen molar-refractivity contribution in [2.45, 2.75) is 26.4 Å². The molecule has 2 rings (SSSR count). The zero-order chi connectivity index (χ0) is 10.1. The van der Waals surface area contributed by atoms with Crippen LogP contribution in [0.5, 0.6) is 0 Å². The molecule has 0 aromatic carbocycles. The highest BCUT2D eigenvalue weighted by Gasteiger charge is 2.07. The van der Waals surface area contributed by atoms with Gasteiger partial charge in [-0.1, -0.05) is 6.07 Å². The first-order valence-corrected chi connectivity index (χ1v) is 4.78. The smallest absolute Gasteiger partial charge is 0.116 e. The van der Waals surface area contributed by atoms with Gasteiger partial charge in [-0.15, -0.1) is 0 Å². The fourth-order valence-electron chi connectivity index (χ4n) is 1.70. The number of hydrogen-bond donors (Lipinski definition) is 1. The van der Waals surface area contributed by atoms with Crippen LogP contribution in [0.15, 0.2) is 24.4 Å². The predicted molar refractivity (Wildman–Crippen MR) is 55.3 cm³/mol. The normalized spacial score (nSPS) is 13.4. The summed E-state index contributed by atoms with van der Waals surface area (Å²) < 4.78 is 2.08. The number of aryl methyl sites for hydroxylation is 1. The van der Waals surface area contributed by atoms with Crippen molar-refractivity contribution in [3.63, 3.8) is 0 Å². The van der Waals surface area contributed by atoms with E-state index in [9.17, 15) is 5.11 Å². The Kier molecular flexibility index (Phi) is 2.25. The van der Waals surface area contributed by atoms with E-state index in [4.69, 9.17) is 0 Å². The van der Waals surface area contributed by atoms with E-state index in [1.165, 1.54) is 0 Å². The van der Waals surface area contributed by atoms with E-state index in [1.807, 2.05) is 31.3 Å². The highest BCUT2D eigenvalue weighted by Crippen LogP contribution is 2.11. The number of aromatic nitrogens is 2. The van der Waals surface area contributed by atoms with Crippen molar-refractivity contribution in [2.24, 2.45) is 0 Å². The molecule has 1 unspecified atom stereocenters. The lowest BCUT2D eigenvalue weighted by atomic mass is 10.2. The van der Waals surface area contributed by atoms with E-state index in [-0.39, 0.29) is 6.10 Å². The molecule has 0 spiro atoms. The van der Waals surface area contributed by atoms with Gasteiger partial charge in [0.25, 0.3) is 0 Å². The summed E-state index contributed by atoms with van der Waals surface area (Å²) in [5, 5.41) is 9.32. The lowest BCUT2D eigenvalue weighted by Crippen LogP contribution is -2.08. The zero-order valence-electron chi connectivity index (χ0n) is 8.44. The Bertz CT molecular complexity index is 445. The summed E-state index contributed by atoms with van der Waals surface area (Å²) in [5.74, 6) is 0.924. The molecule has 0 fully saturated rings. The molecule has 0 aliphatic carbocycles. The average Bonchev–Trinajstić information content (AvgIpc) is 2.49. The van der Waals surface area contributed by atoms with Crippen molar-refractivity contribution in [3.05, 3.63) is 35.9 Å². The van der Waals surface area contributed by atoms with Gasteiger partial charge in [-0.3, -0.25) is 0 Å². The van der Waals surface area contributed by atoms with E-state index < -0.39 is 0 Å². The van der Waals surface area contributed by atoms with Gasteiger partial charge >= 0.3 is 0 Å². The van der Waals surface area contributed by atoms with Crippen LogP contribution in [0.2, 0.25) is 0 Å². The Labute approximate surface area is 83.0 Å². The first-order valence-electron chi connectivity index (χ1n) is 4.78. The number of nitrogens with zero attached hydrogens (tertiary/aromatic N) is 2. The van der Waals surface area contributed by atoms with E-state index in [0.717, 1.165) is 17.0 Å². The van der Waals surface area contributed by atoms with Gasteiger partial charge in [0.1, 0.15) is 5.82 Å². The highest BCUT2D eigenvalue weighted by atomic mass is 16.3. The molecule has 3 heteroatoms. The van der Waals surface area contributed by atoms with Crippen molar-refractivity contribution in [1.82, 2.24) is 9.38 Å². The fraction of sp³-hybridized carbons (Fsp3) is 0.364. The number of pyridine rings is 1. The SMILES string of the molecule is Cc1cccc2cnc(CC(C)O)n12. The van der Waals surface area contributed by atoms with Gasteiger partial charge in [-0.25, -0.2) is 4.98 Å². The van der Waals surface area contributed by atoms with Crippen molar-refractivity contribution < 1.29 is 5.11 Å². The van der Waals surface area contributed by atoms with Gasteiger partial charge in [0.2, 0.25) is 0 Å². The maximum atomic E-state index is 9.32. The molecule has 14 heavy (non-hydrogen) atoms. The summed E-state index contributed by atoms with van der Waals surface area (Å²) in [4.78, 5) is 4.30. The topological polar surface area (TPSA) is 37.5 Å². The summed E-state index contributed by atoms with van der Waals surface area (Å²) in [5.41, 5.74) is 2.23. The minimum Gasteiger partial charge on any atom is -0.393 e. The van der Waals surface area contributed by atoms with Crippen LogP contribution in [0.1, 0.15) is 18.4 Å². The molecule has 74 valence electrons. The lowest BCUT2D eigenvalue weighted by Gasteiger charge is -2.06. The molecular weight excluding hydrogens is 176 g/mol. The molecule has 0 amide bonds. The number of rotatable bonds is 2. The van der Waals surface area contributed by atoms with Gasteiger partial charge in [-0.2, -0.15) is 0 Å². The van der Waals surface area contributed by atoms with Crippen LogP contribution < -0.4 is 0 Å². The number of hydrogen-bond acceptors (Lipinski definition) is 2. The Morgan fingerprint density at radius 2 is 2.29 bits per heavy atom. The minimum absolute atomic E-state index is 0.347. The number of aliphatic hydroxyl groups is 1. The highest BCUT2D eigenvalue weighted by molar-refractivity contribution is 5.47. The summed E-state index contributed by atoms with van der Waals surface area (Å²) in [6, 6.07) is 6.07. The van der Waals surface area contributed by atoms with E-state index in [0.29, 0.717) is 6.42 Å². The molecule has 1 N–H and O–H groups in total. The molecule has 0 aliphatic heterocycles. The summed E-state index contributed by atoms with van der Waals surface area (Å²) in [6.45, 7) is 3.82. The first kappa shape index (κ1) is 9.21. The Morgan fingerprint density at radius 3 is 3.00 bits per heavy atom. The van der Waals surface area contributed by atoms with Gasteiger partial charge in [0.05, 0.1) is 17.8 Å². The quantitative estimate of drug-likeness (QED) is 0.780. The van der Waals surface area contributed by atoms with E-state index >= 15 is 0 Å². The average molecular weight is 190 g/mol. The molecule has 0 radical (unpaired) electrons. The van der Waals surface area contributed by atoms with Crippen LogP contribution in [-0.2, 0) is 6.42 Å². The van der Waals surface area contributed by atoms with Gasteiger partial charge < -0.3 is 9.51 Å². The van der Waals surface area contributed by atoms with Crippen molar-refractivity contribution in [3.8, 4) is 0 Å². The maximum Gasteiger partial charge on any atom is 0.116 e. The molecule has 1 atom stereocenters. The lowest BCUT2D eigenvalue weighted by molar-refractivity contribution is 0.192. The number of imidazole rings is 1. The van der Waals surface area contributed by atoms with Crippen molar-refractivity contribution in [2.75, 3.05) is 0 Å². The van der Waals surface area contributed by atoms with E-state index in [1.54, 1.807) is 6.92 Å². The molecule has 3 nitrogen and oxygen atoms in total.